The van der Waals surface area contributed by atoms with Crippen LogP contribution < -0.4 is 4.74 Å². The van der Waals surface area contributed by atoms with Crippen molar-refractivity contribution >= 4 is 5.78 Å². The Balaban J connectivity index is 2.38. The molecule has 0 radical (unpaired) electrons. The third kappa shape index (κ3) is 2.26. The first-order chi connectivity index (χ1) is 8.13. The summed E-state index contributed by atoms with van der Waals surface area (Å²) in [6.07, 6.45) is 5.13. The number of benzene rings is 1. The van der Waals surface area contributed by atoms with Crippen molar-refractivity contribution in [3.8, 4) is 5.75 Å². The van der Waals surface area contributed by atoms with Crippen LogP contribution in [0.5, 0.6) is 5.75 Å². The van der Waals surface area contributed by atoms with Crippen LogP contribution in [0.4, 0.5) is 0 Å². The quantitative estimate of drug-likeness (QED) is 0.741. The molecule has 0 saturated carbocycles. The number of aryl methyl sites for hydroxylation is 2. The van der Waals surface area contributed by atoms with E-state index in [1.54, 1.807) is 7.11 Å². The number of hydrogen-bond donors (Lipinski definition) is 0. The van der Waals surface area contributed by atoms with Gasteiger partial charge in [-0.05, 0) is 61.9 Å². The lowest BCUT2D eigenvalue weighted by atomic mass is 9.96. The molecule has 1 aliphatic rings. The molecule has 0 saturated heterocycles. The first kappa shape index (κ1) is 11.9. The van der Waals surface area contributed by atoms with Crippen molar-refractivity contribution in [3.63, 3.8) is 0 Å². The van der Waals surface area contributed by atoms with Crippen molar-refractivity contribution in [2.75, 3.05) is 7.11 Å². The number of Topliss-reactive ketones (excluding diaryl/α,β-unsaturated/α-hetero) is 1. The van der Waals surface area contributed by atoms with Crippen molar-refractivity contribution in [3.05, 3.63) is 40.5 Å². The summed E-state index contributed by atoms with van der Waals surface area (Å²) in [6.45, 7) is 3.93. The van der Waals surface area contributed by atoms with Gasteiger partial charge >= 0.3 is 0 Å². The highest BCUT2D eigenvalue weighted by molar-refractivity contribution is 6.10. The molecule has 1 aromatic rings. The number of ketones is 1. The molecule has 0 atom stereocenters. The Morgan fingerprint density at radius 1 is 1.24 bits per heavy atom. The van der Waals surface area contributed by atoms with Crippen LogP contribution in [-0.4, -0.2) is 12.9 Å². The van der Waals surface area contributed by atoms with Gasteiger partial charge in [0.15, 0.2) is 5.78 Å². The number of ether oxygens (including phenoxy) is 1. The molecule has 2 heteroatoms. The zero-order chi connectivity index (χ0) is 12.4. The first-order valence-corrected chi connectivity index (χ1v) is 6.02. The van der Waals surface area contributed by atoms with Crippen LogP contribution in [0, 0.1) is 13.8 Å². The molecule has 0 amide bonds. The molecule has 2 nitrogen and oxygen atoms in total. The number of carbonyl (C=O) groups is 1. The maximum Gasteiger partial charge on any atom is 0.188 e. The minimum absolute atomic E-state index is 0.186. The third-order valence-corrected chi connectivity index (χ3v) is 3.32. The van der Waals surface area contributed by atoms with Crippen molar-refractivity contribution < 1.29 is 9.53 Å². The molecular weight excluding hydrogens is 212 g/mol. The molecule has 90 valence electrons. The van der Waals surface area contributed by atoms with E-state index in [1.807, 2.05) is 26.0 Å². The van der Waals surface area contributed by atoms with E-state index >= 15 is 0 Å². The van der Waals surface area contributed by atoms with Gasteiger partial charge in [0.2, 0.25) is 0 Å². The highest BCUT2D eigenvalue weighted by Crippen LogP contribution is 2.27. The Morgan fingerprint density at radius 2 is 2.00 bits per heavy atom. The van der Waals surface area contributed by atoms with Crippen LogP contribution in [-0.2, 0) is 0 Å². The van der Waals surface area contributed by atoms with Gasteiger partial charge in [-0.3, -0.25) is 4.79 Å². The van der Waals surface area contributed by atoms with Gasteiger partial charge in [0.1, 0.15) is 5.75 Å². The summed E-state index contributed by atoms with van der Waals surface area (Å²) in [7, 11) is 1.66. The minimum Gasteiger partial charge on any atom is -0.496 e. The van der Waals surface area contributed by atoms with Crippen molar-refractivity contribution in [1.82, 2.24) is 0 Å². The van der Waals surface area contributed by atoms with Crippen LogP contribution in [0.1, 0.15) is 40.7 Å². The second kappa shape index (κ2) is 4.74. The lowest BCUT2D eigenvalue weighted by molar-refractivity contribution is 0.103. The maximum absolute atomic E-state index is 12.3. The Hall–Kier alpha value is -1.57. The molecular formula is C15H18O2. The molecule has 0 unspecified atom stereocenters. The standard InChI is InChI=1S/C15H18O2/c1-10-9-14(17-3)11(2)8-13(10)15(16)12-6-4-5-7-12/h6,8-9H,4-5,7H2,1-3H3. The monoisotopic (exact) mass is 230 g/mol. The van der Waals surface area contributed by atoms with E-state index in [4.69, 9.17) is 4.74 Å². The topological polar surface area (TPSA) is 26.3 Å². The summed E-state index contributed by atoms with van der Waals surface area (Å²) in [5.41, 5.74) is 3.79. The van der Waals surface area contributed by atoms with Crippen LogP contribution in [0.15, 0.2) is 23.8 Å². The SMILES string of the molecule is COc1cc(C)c(C(=O)C2=CCCC2)cc1C. The predicted molar refractivity (Wildman–Crippen MR) is 68.7 cm³/mol. The molecule has 0 N–H and O–H groups in total. The van der Waals surface area contributed by atoms with E-state index in [-0.39, 0.29) is 5.78 Å². The average molecular weight is 230 g/mol. The van der Waals surface area contributed by atoms with Crippen LogP contribution in [0.3, 0.4) is 0 Å². The van der Waals surface area contributed by atoms with Gasteiger partial charge in [0, 0.05) is 5.56 Å². The zero-order valence-electron chi connectivity index (χ0n) is 10.7. The summed E-state index contributed by atoms with van der Waals surface area (Å²) in [4.78, 5) is 12.3. The van der Waals surface area contributed by atoms with E-state index in [9.17, 15) is 4.79 Å². The lowest BCUT2D eigenvalue weighted by Gasteiger charge is -2.11. The van der Waals surface area contributed by atoms with Crippen LogP contribution >= 0.6 is 0 Å². The van der Waals surface area contributed by atoms with E-state index in [1.165, 1.54) is 0 Å². The molecule has 17 heavy (non-hydrogen) atoms. The van der Waals surface area contributed by atoms with E-state index in [0.717, 1.165) is 47.3 Å². The summed E-state index contributed by atoms with van der Waals surface area (Å²) in [6, 6.07) is 3.88. The average Bonchev–Trinajstić information content (AvgIpc) is 2.84. The molecule has 0 aromatic heterocycles. The number of rotatable bonds is 3. The minimum atomic E-state index is 0.186. The normalized spacial score (nSPS) is 14.6. The molecule has 1 aliphatic carbocycles. The molecule has 2 rings (SSSR count). The van der Waals surface area contributed by atoms with Gasteiger partial charge in [0.05, 0.1) is 7.11 Å². The van der Waals surface area contributed by atoms with Crippen molar-refractivity contribution in [2.45, 2.75) is 33.1 Å². The van der Waals surface area contributed by atoms with E-state index in [0.29, 0.717) is 0 Å². The number of hydrogen-bond acceptors (Lipinski definition) is 2. The largest absolute Gasteiger partial charge is 0.496 e. The third-order valence-electron chi connectivity index (χ3n) is 3.32. The van der Waals surface area contributed by atoms with Gasteiger partial charge in [-0.2, -0.15) is 0 Å². The molecule has 0 bridgehead atoms. The summed E-state index contributed by atoms with van der Waals surface area (Å²) in [5, 5.41) is 0. The Bertz CT molecular complexity index is 484. The number of allylic oxidation sites excluding steroid dienone is 2. The van der Waals surface area contributed by atoms with Gasteiger partial charge in [0.25, 0.3) is 0 Å². The fourth-order valence-electron chi connectivity index (χ4n) is 2.30. The highest BCUT2D eigenvalue weighted by Gasteiger charge is 2.18. The smallest absolute Gasteiger partial charge is 0.188 e. The Labute approximate surface area is 102 Å². The van der Waals surface area contributed by atoms with E-state index < -0.39 is 0 Å². The van der Waals surface area contributed by atoms with Crippen molar-refractivity contribution in [2.24, 2.45) is 0 Å². The second-order valence-corrected chi connectivity index (χ2v) is 4.59. The molecule has 0 heterocycles. The van der Waals surface area contributed by atoms with E-state index in [2.05, 4.69) is 6.08 Å². The number of carbonyl (C=O) groups excluding carboxylic acids is 1. The van der Waals surface area contributed by atoms with Gasteiger partial charge in [-0.25, -0.2) is 0 Å². The highest BCUT2D eigenvalue weighted by atomic mass is 16.5. The van der Waals surface area contributed by atoms with Gasteiger partial charge in [-0.15, -0.1) is 0 Å². The fraction of sp³-hybridized carbons (Fsp3) is 0.400. The fourth-order valence-corrected chi connectivity index (χ4v) is 2.30. The van der Waals surface area contributed by atoms with Crippen LogP contribution in [0.2, 0.25) is 0 Å². The van der Waals surface area contributed by atoms with Crippen molar-refractivity contribution in [1.29, 1.82) is 0 Å². The lowest BCUT2D eigenvalue weighted by Crippen LogP contribution is -2.05. The van der Waals surface area contributed by atoms with Crippen LogP contribution in [0.25, 0.3) is 0 Å². The Morgan fingerprint density at radius 3 is 2.59 bits per heavy atom. The zero-order valence-corrected chi connectivity index (χ0v) is 10.7. The maximum atomic E-state index is 12.3. The first-order valence-electron chi connectivity index (χ1n) is 6.02. The summed E-state index contributed by atoms with van der Waals surface area (Å²) in [5.74, 6) is 1.03. The summed E-state index contributed by atoms with van der Waals surface area (Å²) >= 11 is 0. The molecule has 1 aromatic carbocycles. The predicted octanol–water partition coefficient (Wildman–Crippen LogP) is 3.61. The number of methoxy groups -OCH3 is 1. The summed E-state index contributed by atoms with van der Waals surface area (Å²) < 4.78 is 5.26. The second-order valence-electron chi connectivity index (χ2n) is 4.59. The molecule has 0 aliphatic heterocycles. The van der Waals surface area contributed by atoms with Gasteiger partial charge in [-0.1, -0.05) is 6.08 Å². The molecule has 0 fully saturated rings. The molecule has 0 spiro atoms. The Kier molecular flexibility index (Phi) is 3.32. The van der Waals surface area contributed by atoms with Gasteiger partial charge < -0.3 is 4.74 Å².